The maximum absolute atomic E-state index is 12.2. The molecule has 0 aromatic heterocycles. The maximum atomic E-state index is 12.2. The van der Waals surface area contributed by atoms with E-state index >= 15 is 0 Å². The Morgan fingerprint density at radius 1 is 1.59 bits per heavy atom. The summed E-state index contributed by atoms with van der Waals surface area (Å²) in [5.41, 5.74) is 7.72. The van der Waals surface area contributed by atoms with Crippen molar-refractivity contribution in [3.8, 4) is 0 Å². The van der Waals surface area contributed by atoms with E-state index in [0.717, 1.165) is 17.0 Å². The lowest BCUT2D eigenvalue weighted by Crippen LogP contribution is -2.43. The highest BCUT2D eigenvalue weighted by molar-refractivity contribution is 7.99. The summed E-state index contributed by atoms with van der Waals surface area (Å²) in [6.45, 7) is 4.56. The molecule has 2 N–H and O–H groups in total. The fourth-order valence-corrected chi connectivity index (χ4v) is 3.32. The minimum atomic E-state index is 0.135. The molecular formula is C13H18N2OS. The lowest BCUT2D eigenvalue weighted by molar-refractivity contribution is -0.118. The second kappa shape index (κ2) is 5.10. The molecule has 92 valence electrons. The second-order valence-electron chi connectivity index (χ2n) is 4.38. The van der Waals surface area contributed by atoms with Crippen LogP contribution in [0.5, 0.6) is 0 Å². The van der Waals surface area contributed by atoms with Crippen molar-refractivity contribution in [3.63, 3.8) is 0 Å². The van der Waals surface area contributed by atoms with Crippen molar-refractivity contribution in [2.75, 3.05) is 17.2 Å². The van der Waals surface area contributed by atoms with E-state index < -0.39 is 0 Å². The second-order valence-corrected chi connectivity index (χ2v) is 5.45. The number of rotatable bonds is 2. The van der Waals surface area contributed by atoms with Gasteiger partial charge in [-0.2, -0.15) is 0 Å². The molecule has 0 fully saturated rings. The van der Waals surface area contributed by atoms with Crippen LogP contribution in [0.4, 0.5) is 5.69 Å². The van der Waals surface area contributed by atoms with Gasteiger partial charge in [-0.05, 0) is 25.5 Å². The monoisotopic (exact) mass is 250 g/mol. The van der Waals surface area contributed by atoms with E-state index in [-0.39, 0.29) is 11.9 Å². The molecule has 1 heterocycles. The number of aryl methyl sites for hydroxylation is 1. The number of hydrogen-bond acceptors (Lipinski definition) is 3. The van der Waals surface area contributed by atoms with E-state index in [9.17, 15) is 4.79 Å². The molecule has 1 amide bonds. The zero-order valence-corrected chi connectivity index (χ0v) is 11.1. The van der Waals surface area contributed by atoms with Gasteiger partial charge in [-0.15, -0.1) is 11.8 Å². The molecule has 1 atom stereocenters. The molecule has 0 bridgehead atoms. The number of nitrogens with zero attached hydrogens (tertiary/aromatic N) is 1. The van der Waals surface area contributed by atoms with Gasteiger partial charge >= 0.3 is 0 Å². The van der Waals surface area contributed by atoms with Gasteiger partial charge in [-0.25, -0.2) is 0 Å². The van der Waals surface area contributed by atoms with E-state index in [2.05, 4.69) is 26.0 Å². The normalized spacial score (nSPS) is 19.0. The summed E-state index contributed by atoms with van der Waals surface area (Å²) in [6, 6.07) is 6.43. The zero-order valence-electron chi connectivity index (χ0n) is 10.3. The Morgan fingerprint density at radius 2 is 2.35 bits per heavy atom. The number of anilines is 1. The van der Waals surface area contributed by atoms with Crippen LogP contribution in [0.2, 0.25) is 0 Å². The lowest BCUT2D eigenvalue weighted by atomic mass is 10.1. The largest absolute Gasteiger partial charge is 0.330 e. The summed E-state index contributed by atoms with van der Waals surface area (Å²) in [4.78, 5) is 15.3. The van der Waals surface area contributed by atoms with Crippen molar-refractivity contribution in [1.82, 2.24) is 0 Å². The van der Waals surface area contributed by atoms with Crippen molar-refractivity contribution in [2.24, 2.45) is 5.73 Å². The first-order chi connectivity index (χ1) is 8.15. The number of benzene rings is 1. The molecule has 0 radical (unpaired) electrons. The van der Waals surface area contributed by atoms with Crippen LogP contribution in [0, 0.1) is 6.92 Å². The molecule has 1 aromatic carbocycles. The molecule has 1 aliphatic rings. The summed E-state index contributed by atoms with van der Waals surface area (Å²) in [5, 5.41) is 0. The highest BCUT2D eigenvalue weighted by Gasteiger charge is 2.29. The van der Waals surface area contributed by atoms with Crippen LogP contribution in [0.15, 0.2) is 23.1 Å². The van der Waals surface area contributed by atoms with Crippen molar-refractivity contribution in [1.29, 1.82) is 0 Å². The standard InChI is InChI=1S/C13H18N2OS/c1-9-4-3-5-11-13(9)15(10(2)8-17-11)12(16)6-7-14/h3-5,10H,6-8,14H2,1-2H3. The molecule has 4 heteroatoms. The molecule has 17 heavy (non-hydrogen) atoms. The zero-order chi connectivity index (χ0) is 12.4. The Bertz CT molecular complexity index is 433. The van der Waals surface area contributed by atoms with E-state index in [1.165, 1.54) is 4.90 Å². The first-order valence-corrected chi connectivity index (χ1v) is 6.88. The molecular weight excluding hydrogens is 232 g/mol. The van der Waals surface area contributed by atoms with Gasteiger partial charge in [0.1, 0.15) is 0 Å². The molecule has 0 spiro atoms. The van der Waals surface area contributed by atoms with Gasteiger partial charge < -0.3 is 10.6 Å². The molecule has 2 rings (SSSR count). The van der Waals surface area contributed by atoms with Crippen LogP contribution in [0.3, 0.4) is 0 Å². The highest BCUT2D eigenvalue weighted by atomic mass is 32.2. The van der Waals surface area contributed by atoms with Crippen molar-refractivity contribution in [2.45, 2.75) is 31.2 Å². The van der Waals surface area contributed by atoms with Crippen LogP contribution >= 0.6 is 11.8 Å². The van der Waals surface area contributed by atoms with Gasteiger partial charge in [0.25, 0.3) is 0 Å². The minimum Gasteiger partial charge on any atom is -0.330 e. The Morgan fingerprint density at radius 3 is 3.06 bits per heavy atom. The van der Waals surface area contributed by atoms with Gasteiger partial charge in [-0.3, -0.25) is 4.79 Å². The first kappa shape index (κ1) is 12.5. The third-order valence-electron chi connectivity index (χ3n) is 2.99. The Balaban J connectivity index is 2.42. The Kier molecular flexibility index (Phi) is 3.74. The number of para-hydroxylation sites is 1. The number of carbonyl (C=O) groups excluding carboxylic acids is 1. The van der Waals surface area contributed by atoms with Crippen molar-refractivity contribution < 1.29 is 4.79 Å². The molecule has 1 aliphatic heterocycles. The summed E-state index contributed by atoms with van der Waals surface area (Å²) in [7, 11) is 0. The van der Waals surface area contributed by atoms with E-state index in [1.54, 1.807) is 0 Å². The van der Waals surface area contributed by atoms with Crippen LogP contribution < -0.4 is 10.6 Å². The third kappa shape index (κ3) is 2.33. The van der Waals surface area contributed by atoms with Crippen LogP contribution in [0.25, 0.3) is 0 Å². The molecule has 3 nitrogen and oxygen atoms in total. The van der Waals surface area contributed by atoms with Crippen molar-refractivity contribution in [3.05, 3.63) is 23.8 Å². The quantitative estimate of drug-likeness (QED) is 0.875. The smallest absolute Gasteiger partial charge is 0.228 e. The van der Waals surface area contributed by atoms with Gasteiger partial charge in [-0.1, -0.05) is 12.1 Å². The SMILES string of the molecule is Cc1cccc2c1N(C(=O)CCN)C(C)CS2. The van der Waals surface area contributed by atoms with E-state index in [0.29, 0.717) is 13.0 Å². The van der Waals surface area contributed by atoms with Crippen LogP contribution in [-0.4, -0.2) is 24.2 Å². The van der Waals surface area contributed by atoms with E-state index in [1.807, 2.05) is 22.7 Å². The first-order valence-electron chi connectivity index (χ1n) is 5.89. The van der Waals surface area contributed by atoms with E-state index in [4.69, 9.17) is 5.73 Å². The van der Waals surface area contributed by atoms with Gasteiger partial charge in [0.05, 0.1) is 5.69 Å². The maximum Gasteiger partial charge on any atom is 0.228 e. The van der Waals surface area contributed by atoms with Crippen LogP contribution in [0.1, 0.15) is 18.9 Å². The molecule has 0 saturated heterocycles. The number of carbonyl (C=O) groups is 1. The van der Waals surface area contributed by atoms with Gasteiger partial charge in [0.2, 0.25) is 5.91 Å². The number of nitrogens with two attached hydrogens (primary N) is 1. The fraction of sp³-hybridized carbons (Fsp3) is 0.462. The summed E-state index contributed by atoms with van der Waals surface area (Å²) >= 11 is 1.83. The van der Waals surface area contributed by atoms with Crippen LogP contribution in [-0.2, 0) is 4.79 Å². The summed E-state index contributed by atoms with van der Waals surface area (Å²) < 4.78 is 0. The molecule has 0 aliphatic carbocycles. The van der Waals surface area contributed by atoms with Gasteiger partial charge in [0, 0.05) is 29.7 Å². The summed E-state index contributed by atoms with van der Waals surface area (Å²) in [6.07, 6.45) is 0.419. The number of hydrogen-bond donors (Lipinski definition) is 1. The summed E-state index contributed by atoms with van der Waals surface area (Å²) in [5.74, 6) is 1.09. The predicted octanol–water partition coefficient (Wildman–Crippen LogP) is 2.17. The molecule has 1 unspecified atom stereocenters. The van der Waals surface area contributed by atoms with Gasteiger partial charge in [0.15, 0.2) is 0 Å². The topological polar surface area (TPSA) is 46.3 Å². The average molecular weight is 250 g/mol. The number of fused-ring (bicyclic) bond motifs is 1. The average Bonchev–Trinajstić information content (AvgIpc) is 2.30. The fourth-order valence-electron chi connectivity index (χ4n) is 2.18. The lowest BCUT2D eigenvalue weighted by Gasteiger charge is -2.36. The Hall–Kier alpha value is -1.000. The Labute approximate surface area is 106 Å². The number of thioether (sulfide) groups is 1. The molecule has 0 saturated carbocycles. The highest BCUT2D eigenvalue weighted by Crippen LogP contribution is 2.39. The third-order valence-corrected chi connectivity index (χ3v) is 4.28. The predicted molar refractivity (Wildman–Crippen MR) is 72.5 cm³/mol. The number of amides is 1. The molecule has 1 aromatic rings. The minimum absolute atomic E-state index is 0.135. The van der Waals surface area contributed by atoms with Crippen molar-refractivity contribution >= 4 is 23.4 Å².